The van der Waals surface area contributed by atoms with E-state index in [0.717, 1.165) is 24.0 Å². The van der Waals surface area contributed by atoms with E-state index in [2.05, 4.69) is 43.8 Å². The largest absolute Gasteiger partial charge is 0.369 e. The van der Waals surface area contributed by atoms with Crippen molar-refractivity contribution in [1.29, 1.82) is 0 Å². The van der Waals surface area contributed by atoms with Gasteiger partial charge < -0.3 is 47.0 Å². The second-order valence-electron chi connectivity index (χ2n) is 18.4. The van der Waals surface area contributed by atoms with Crippen LogP contribution in [0.4, 0.5) is 0 Å². The highest BCUT2D eigenvalue weighted by atomic mass is 16.3. The molecule has 2 fully saturated rings. The van der Waals surface area contributed by atoms with E-state index in [-0.39, 0.29) is 36.0 Å². The topological polar surface area (TPSA) is 295 Å². The third-order valence-corrected chi connectivity index (χ3v) is 12.8. The standard InChI is InChI=1S/C27H30N6O4.C26H29N7O4/c1-4-5-6-23(34)32(3)17-19-7-8-21-20(15-19)24(25(28)35)30-33(21)22-16-18(10-13-29-22)9-11-27(37)12-14-31(2)26(27)36;1-31-13-10-26(37,25(31)36)9-7-17-8-12-29-21(15-17)33-20-6-5-18(14-19(20)23(30-33)24(28)35)16-32(2)22(34)4-3-11-27/h7-8,10,13,15-16,37H,4-6,12,14,17H2,1-3H3,(H2,28,35);5-6,8,12,14-15,37H,3-4,10-11,13,16,27H2,1-2H3,(H2,28,35)/t27-;26-/m00/s1. The number of amides is 6. The van der Waals surface area contributed by atoms with E-state index in [1.54, 1.807) is 74.4 Å². The van der Waals surface area contributed by atoms with E-state index in [9.17, 15) is 39.0 Å². The van der Waals surface area contributed by atoms with E-state index in [1.807, 2.05) is 31.2 Å². The van der Waals surface area contributed by atoms with Crippen molar-refractivity contribution in [2.45, 2.75) is 76.2 Å². The molecule has 2 aliphatic rings. The van der Waals surface area contributed by atoms with E-state index < -0.39 is 34.8 Å². The Morgan fingerprint density at radius 1 is 0.662 bits per heavy atom. The number of hydrogen-bond donors (Lipinski definition) is 5. The zero-order valence-electron chi connectivity index (χ0n) is 42.0. The molecule has 0 bridgehead atoms. The van der Waals surface area contributed by atoms with Crippen LogP contribution in [0.2, 0.25) is 0 Å². The lowest BCUT2D eigenvalue weighted by Crippen LogP contribution is -2.37. The van der Waals surface area contributed by atoms with Gasteiger partial charge in [-0.05, 0) is 79.0 Å². The van der Waals surface area contributed by atoms with Crippen molar-refractivity contribution in [3.05, 3.63) is 107 Å². The quantitative estimate of drug-likeness (QED) is 0.0974. The van der Waals surface area contributed by atoms with Crippen LogP contribution >= 0.6 is 0 Å². The normalized spacial score (nSPS) is 17.1. The average molecular weight is 1010 g/mol. The van der Waals surface area contributed by atoms with Gasteiger partial charge >= 0.3 is 0 Å². The van der Waals surface area contributed by atoms with Crippen molar-refractivity contribution < 1.29 is 39.0 Å². The Balaban J connectivity index is 0.000000216. The summed E-state index contributed by atoms with van der Waals surface area (Å²) in [6.07, 6.45) is 6.79. The van der Waals surface area contributed by atoms with Gasteiger partial charge in [0, 0.05) is 114 Å². The zero-order chi connectivity index (χ0) is 53.5. The number of likely N-dealkylation sites (N-methyl/N-ethyl adjacent to an activating group) is 2. The van der Waals surface area contributed by atoms with Crippen molar-refractivity contribution in [2.24, 2.45) is 17.2 Å². The maximum atomic E-state index is 12.3. The van der Waals surface area contributed by atoms with Crippen molar-refractivity contribution in [3.63, 3.8) is 0 Å². The molecule has 384 valence electrons. The summed E-state index contributed by atoms with van der Waals surface area (Å²) in [5.41, 5.74) is 17.4. The molecule has 0 aliphatic carbocycles. The molecule has 0 radical (unpaired) electrons. The second-order valence-corrected chi connectivity index (χ2v) is 18.4. The Bertz CT molecular complexity index is 3090. The molecule has 0 spiro atoms. The third kappa shape index (κ3) is 11.7. The molecule has 2 aliphatic heterocycles. The molecule has 74 heavy (non-hydrogen) atoms. The number of carbonyl (C=O) groups excluding carboxylic acids is 6. The lowest BCUT2D eigenvalue weighted by Gasteiger charge is -2.17. The van der Waals surface area contributed by atoms with Crippen molar-refractivity contribution in [3.8, 4) is 35.3 Å². The molecule has 2 atom stereocenters. The molecule has 21 heteroatoms. The van der Waals surface area contributed by atoms with Gasteiger partial charge in [0.1, 0.15) is 0 Å². The van der Waals surface area contributed by atoms with E-state index in [1.165, 1.54) is 31.6 Å². The monoisotopic (exact) mass is 1010 g/mol. The highest BCUT2D eigenvalue weighted by Gasteiger charge is 2.43. The number of primary amides is 2. The summed E-state index contributed by atoms with van der Waals surface area (Å²) < 4.78 is 2.99. The van der Waals surface area contributed by atoms with Gasteiger partial charge in [-0.15, -0.1) is 0 Å². The van der Waals surface area contributed by atoms with Gasteiger partial charge in [0.15, 0.2) is 23.0 Å². The van der Waals surface area contributed by atoms with Crippen molar-refractivity contribution in [2.75, 3.05) is 47.8 Å². The van der Waals surface area contributed by atoms with Gasteiger partial charge in [-0.3, -0.25) is 28.8 Å². The Hall–Kier alpha value is -8.50. The SMILES string of the molecule is CCCCC(=O)N(C)Cc1ccc2c(c1)c(C(N)=O)nn2-c1cc(C#C[C@]2(O)CCN(C)C2=O)ccn1.CN(Cc1ccc2c(c1)c(C(N)=O)nn2-c1cc(C#C[C@]2(O)CCN(C)C2=O)ccn1)C(=O)CCCN. The fraction of sp³-hybridized carbons (Fsp3) is 0.358. The molecule has 2 saturated heterocycles. The molecular formula is C53H59N13O8. The predicted octanol–water partition coefficient (Wildman–Crippen LogP) is 1.77. The minimum atomic E-state index is -1.72. The van der Waals surface area contributed by atoms with Crippen LogP contribution in [0.3, 0.4) is 0 Å². The fourth-order valence-corrected chi connectivity index (χ4v) is 8.44. The second kappa shape index (κ2) is 22.5. The molecule has 8 rings (SSSR count). The number of nitrogens with two attached hydrogens (primary N) is 3. The number of carbonyl (C=O) groups is 6. The number of unbranched alkanes of at least 4 members (excludes halogenated alkanes) is 1. The molecule has 6 heterocycles. The van der Waals surface area contributed by atoms with Gasteiger partial charge in [-0.1, -0.05) is 49.2 Å². The molecular weight excluding hydrogens is 947 g/mol. The smallest absolute Gasteiger partial charge is 0.269 e. The Kier molecular flexibility index (Phi) is 16.2. The number of fused-ring (bicyclic) bond motifs is 2. The number of pyridine rings is 2. The summed E-state index contributed by atoms with van der Waals surface area (Å²) in [6.45, 7) is 4.10. The maximum Gasteiger partial charge on any atom is 0.269 e. The number of rotatable bonds is 14. The maximum absolute atomic E-state index is 12.3. The highest BCUT2D eigenvalue weighted by molar-refractivity contribution is 6.05. The van der Waals surface area contributed by atoms with Crippen LogP contribution in [-0.4, -0.2) is 154 Å². The first-order valence-electron chi connectivity index (χ1n) is 24.0. The molecule has 0 unspecified atom stereocenters. The van der Waals surface area contributed by atoms with Crippen LogP contribution in [-0.2, 0) is 32.3 Å². The van der Waals surface area contributed by atoms with Crippen LogP contribution in [0.5, 0.6) is 0 Å². The summed E-state index contributed by atoms with van der Waals surface area (Å²) in [5.74, 6) is 9.68. The highest BCUT2D eigenvalue weighted by Crippen LogP contribution is 2.27. The molecule has 8 N–H and O–H groups in total. The Morgan fingerprint density at radius 2 is 1.08 bits per heavy atom. The average Bonchev–Trinajstić information content (AvgIpc) is 4.11. The summed E-state index contributed by atoms with van der Waals surface area (Å²) in [4.78, 5) is 88.3. The molecule has 6 amide bonds. The minimum absolute atomic E-state index is 0.0194. The van der Waals surface area contributed by atoms with E-state index >= 15 is 0 Å². The van der Waals surface area contributed by atoms with Gasteiger partial charge in [0.05, 0.1) is 11.0 Å². The Labute approximate surface area is 427 Å². The van der Waals surface area contributed by atoms with E-state index in [0.29, 0.717) is 96.6 Å². The van der Waals surface area contributed by atoms with Gasteiger partial charge in [-0.25, -0.2) is 19.3 Å². The number of aromatic nitrogens is 6. The van der Waals surface area contributed by atoms with Crippen LogP contribution in [0.25, 0.3) is 33.4 Å². The number of aliphatic hydroxyl groups is 2. The van der Waals surface area contributed by atoms with Gasteiger partial charge in [-0.2, -0.15) is 10.2 Å². The first kappa shape index (κ1) is 53.3. The van der Waals surface area contributed by atoms with Gasteiger partial charge in [0.2, 0.25) is 23.0 Å². The lowest BCUT2D eigenvalue weighted by molar-refractivity contribution is -0.138. The summed E-state index contributed by atoms with van der Waals surface area (Å²) >= 11 is 0. The van der Waals surface area contributed by atoms with Crippen LogP contribution in [0, 0.1) is 23.7 Å². The predicted molar refractivity (Wildman–Crippen MR) is 274 cm³/mol. The summed E-state index contributed by atoms with van der Waals surface area (Å²) in [6, 6.07) is 17.5. The zero-order valence-corrected chi connectivity index (χ0v) is 42.0. The molecule has 21 nitrogen and oxygen atoms in total. The third-order valence-electron chi connectivity index (χ3n) is 12.8. The number of benzene rings is 2. The molecule has 6 aromatic rings. The first-order chi connectivity index (χ1) is 35.2. The fourth-order valence-electron chi connectivity index (χ4n) is 8.44. The lowest BCUT2D eigenvalue weighted by atomic mass is 10.0. The van der Waals surface area contributed by atoms with Crippen molar-refractivity contribution >= 4 is 57.2 Å². The molecule has 4 aromatic heterocycles. The number of likely N-dealkylation sites (tertiary alicyclic amines) is 2. The molecule has 2 aromatic carbocycles. The van der Waals surface area contributed by atoms with Crippen LogP contribution in [0.1, 0.15) is 95.1 Å². The number of hydrogen-bond acceptors (Lipinski definition) is 13. The van der Waals surface area contributed by atoms with E-state index in [4.69, 9.17) is 17.2 Å². The van der Waals surface area contributed by atoms with Gasteiger partial charge in [0.25, 0.3) is 23.6 Å². The summed E-state index contributed by atoms with van der Waals surface area (Å²) in [7, 11) is 6.71. The first-order valence-corrected chi connectivity index (χ1v) is 24.0. The summed E-state index contributed by atoms with van der Waals surface area (Å²) in [5, 5.41) is 31.0. The van der Waals surface area contributed by atoms with Crippen LogP contribution < -0.4 is 17.2 Å². The van der Waals surface area contributed by atoms with Crippen molar-refractivity contribution in [1.82, 2.24) is 49.1 Å². The molecule has 0 saturated carbocycles. The van der Waals surface area contributed by atoms with Crippen LogP contribution in [0.15, 0.2) is 73.1 Å². The Morgan fingerprint density at radius 3 is 1.45 bits per heavy atom. The number of nitrogens with zero attached hydrogens (tertiary/aromatic N) is 10. The minimum Gasteiger partial charge on any atom is -0.369 e.